The number of anilines is 1. The van der Waals surface area contributed by atoms with E-state index in [1.807, 2.05) is 0 Å². The molecule has 1 aromatic heterocycles. The van der Waals surface area contributed by atoms with E-state index in [4.69, 9.17) is 5.73 Å². The molecule has 0 unspecified atom stereocenters. The molecule has 3 rings (SSSR count). The second-order valence-corrected chi connectivity index (χ2v) is 4.81. The van der Waals surface area contributed by atoms with E-state index >= 15 is 0 Å². The fraction of sp³-hybridized carbons (Fsp3) is 0.667. The van der Waals surface area contributed by atoms with Crippen molar-refractivity contribution < 1.29 is 0 Å². The molecule has 1 saturated carbocycles. The molecule has 0 radical (unpaired) electrons. The lowest BCUT2D eigenvalue weighted by molar-refractivity contribution is 0.270. The molecule has 1 aromatic rings. The van der Waals surface area contributed by atoms with E-state index in [1.54, 1.807) is 6.33 Å². The maximum absolute atomic E-state index is 5.91. The molecule has 3 heteroatoms. The molecular weight excluding hydrogens is 186 g/mol. The average Bonchev–Trinajstić information content (AvgIpc) is 2.29. The Labute approximate surface area is 90.1 Å². The number of rotatable bonds is 0. The largest absolute Gasteiger partial charge is 0.383 e. The van der Waals surface area contributed by atoms with Crippen molar-refractivity contribution in [3.05, 3.63) is 17.6 Å². The van der Waals surface area contributed by atoms with Gasteiger partial charge in [-0.2, -0.15) is 0 Å². The van der Waals surface area contributed by atoms with E-state index in [0.717, 1.165) is 12.3 Å². The van der Waals surface area contributed by atoms with Gasteiger partial charge >= 0.3 is 0 Å². The summed E-state index contributed by atoms with van der Waals surface area (Å²) in [7, 11) is 0. The zero-order valence-corrected chi connectivity index (χ0v) is 8.95. The first kappa shape index (κ1) is 9.13. The van der Waals surface area contributed by atoms with Gasteiger partial charge in [0.05, 0.1) is 5.69 Å². The van der Waals surface area contributed by atoms with Crippen molar-refractivity contribution in [1.29, 1.82) is 0 Å². The van der Waals surface area contributed by atoms with E-state index in [-0.39, 0.29) is 0 Å². The minimum absolute atomic E-state index is 0.674. The Balaban J connectivity index is 2.03. The third kappa shape index (κ3) is 1.41. The molecule has 2 atom stereocenters. The first-order valence-electron chi connectivity index (χ1n) is 5.95. The van der Waals surface area contributed by atoms with Gasteiger partial charge in [0, 0.05) is 11.5 Å². The highest BCUT2D eigenvalue weighted by Crippen LogP contribution is 2.44. The molecule has 0 spiro atoms. The zero-order valence-electron chi connectivity index (χ0n) is 8.95. The summed E-state index contributed by atoms with van der Waals surface area (Å²) < 4.78 is 0. The second-order valence-electron chi connectivity index (χ2n) is 4.81. The molecule has 1 fully saturated rings. The average molecular weight is 203 g/mol. The molecule has 3 nitrogen and oxygen atoms in total. The number of nitrogen functional groups attached to an aromatic ring is 1. The summed E-state index contributed by atoms with van der Waals surface area (Å²) in [5.41, 5.74) is 8.41. The molecule has 0 aliphatic heterocycles. The van der Waals surface area contributed by atoms with E-state index in [2.05, 4.69) is 9.97 Å². The Kier molecular flexibility index (Phi) is 2.11. The molecule has 0 bridgehead atoms. The second kappa shape index (κ2) is 3.47. The van der Waals surface area contributed by atoms with Crippen molar-refractivity contribution in [2.24, 2.45) is 5.92 Å². The molecule has 0 saturated heterocycles. The summed E-state index contributed by atoms with van der Waals surface area (Å²) in [4.78, 5) is 8.57. The van der Waals surface area contributed by atoms with Crippen molar-refractivity contribution >= 4 is 5.82 Å². The quantitative estimate of drug-likeness (QED) is 0.703. The van der Waals surface area contributed by atoms with Crippen molar-refractivity contribution in [3.63, 3.8) is 0 Å². The van der Waals surface area contributed by atoms with Crippen LogP contribution in [0, 0.1) is 5.92 Å². The predicted octanol–water partition coefficient (Wildman–Crippen LogP) is 2.28. The Bertz CT molecular complexity index is 375. The van der Waals surface area contributed by atoms with Crippen LogP contribution in [0.15, 0.2) is 6.33 Å². The van der Waals surface area contributed by atoms with Gasteiger partial charge in [-0.1, -0.05) is 12.8 Å². The molecule has 2 aliphatic rings. The third-order valence-electron chi connectivity index (χ3n) is 4.04. The number of hydrogen-bond donors (Lipinski definition) is 1. The van der Waals surface area contributed by atoms with Crippen LogP contribution in [0.4, 0.5) is 5.82 Å². The van der Waals surface area contributed by atoms with E-state index < -0.39 is 0 Å². The molecule has 0 aromatic carbocycles. The summed E-state index contributed by atoms with van der Waals surface area (Å²) in [6, 6.07) is 0. The third-order valence-corrected chi connectivity index (χ3v) is 4.04. The standard InChI is InChI=1S/C12H17N3/c13-12-10-6-5-8-3-1-2-4-9(8)11(10)14-7-15-12/h7-9H,1-6H2,(H2,13,14,15)/t8-,9-/m0/s1. The number of fused-ring (bicyclic) bond motifs is 3. The maximum Gasteiger partial charge on any atom is 0.130 e. The SMILES string of the molecule is Nc1ncnc2c1CC[C@@H]1CCCC[C@H]21. The highest BCUT2D eigenvalue weighted by molar-refractivity contribution is 5.44. The summed E-state index contributed by atoms with van der Waals surface area (Å²) in [5.74, 6) is 2.25. The highest BCUT2D eigenvalue weighted by Gasteiger charge is 2.33. The van der Waals surface area contributed by atoms with Crippen LogP contribution in [-0.4, -0.2) is 9.97 Å². The van der Waals surface area contributed by atoms with Crippen LogP contribution >= 0.6 is 0 Å². The van der Waals surface area contributed by atoms with Crippen LogP contribution < -0.4 is 5.73 Å². The first-order valence-corrected chi connectivity index (χ1v) is 5.95. The van der Waals surface area contributed by atoms with Gasteiger partial charge < -0.3 is 5.73 Å². The first-order chi connectivity index (χ1) is 7.36. The molecule has 2 aliphatic carbocycles. The van der Waals surface area contributed by atoms with E-state index in [0.29, 0.717) is 11.7 Å². The van der Waals surface area contributed by atoms with E-state index in [9.17, 15) is 0 Å². The Morgan fingerprint density at radius 1 is 1.13 bits per heavy atom. The van der Waals surface area contributed by atoms with Crippen molar-refractivity contribution in [3.8, 4) is 0 Å². The zero-order chi connectivity index (χ0) is 10.3. The van der Waals surface area contributed by atoms with Gasteiger partial charge in [0.15, 0.2) is 0 Å². The van der Waals surface area contributed by atoms with Gasteiger partial charge in [0.1, 0.15) is 12.1 Å². The van der Waals surface area contributed by atoms with Gasteiger partial charge in [-0.3, -0.25) is 0 Å². The Hall–Kier alpha value is -1.12. The van der Waals surface area contributed by atoms with Gasteiger partial charge in [0.2, 0.25) is 0 Å². The molecule has 0 amide bonds. The van der Waals surface area contributed by atoms with Gasteiger partial charge in [-0.15, -0.1) is 0 Å². The molecule has 80 valence electrons. The molecule has 15 heavy (non-hydrogen) atoms. The van der Waals surface area contributed by atoms with E-state index in [1.165, 1.54) is 43.4 Å². The Morgan fingerprint density at radius 3 is 2.93 bits per heavy atom. The lowest BCUT2D eigenvalue weighted by Gasteiger charge is -2.36. The summed E-state index contributed by atoms with van der Waals surface area (Å²) in [6.45, 7) is 0. The van der Waals surface area contributed by atoms with Crippen LogP contribution in [0.25, 0.3) is 0 Å². The summed E-state index contributed by atoms with van der Waals surface area (Å²) >= 11 is 0. The van der Waals surface area contributed by atoms with Gasteiger partial charge in [-0.25, -0.2) is 9.97 Å². The fourth-order valence-corrected chi connectivity index (χ4v) is 3.26. The smallest absolute Gasteiger partial charge is 0.130 e. The fourth-order valence-electron chi connectivity index (χ4n) is 3.26. The van der Waals surface area contributed by atoms with Crippen LogP contribution in [0.5, 0.6) is 0 Å². The lowest BCUT2D eigenvalue weighted by Crippen LogP contribution is -2.26. The molecular formula is C12H17N3. The van der Waals surface area contributed by atoms with Crippen LogP contribution in [0.3, 0.4) is 0 Å². The van der Waals surface area contributed by atoms with Crippen LogP contribution in [-0.2, 0) is 6.42 Å². The monoisotopic (exact) mass is 203 g/mol. The van der Waals surface area contributed by atoms with Crippen molar-refractivity contribution in [2.75, 3.05) is 5.73 Å². The number of aromatic nitrogens is 2. The Morgan fingerprint density at radius 2 is 2.00 bits per heavy atom. The van der Waals surface area contributed by atoms with Crippen molar-refractivity contribution in [2.45, 2.75) is 44.4 Å². The summed E-state index contributed by atoms with van der Waals surface area (Å²) in [5, 5.41) is 0. The molecule has 1 heterocycles. The maximum atomic E-state index is 5.91. The predicted molar refractivity (Wildman–Crippen MR) is 59.5 cm³/mol. The van der Waals surface area contributed by atoms with Crippen LogP contribution in [0.2, 0.25) is 0 Å². The molecule has 2 N–H and O–H groups in total. The minimum Gasteiger partial charge on any atom is -0.383 e. The normalized spacial score (nSPS) is 29.3. The number of hydrogen-bond acceptors (Lipinski definition) is 3. The summed E-state index contributed by atoms with van der Waals surface area (Å²) in [6.07, 6.45) is 9.44. The van der Waals surface area contributed by atoms with Crippen LogP contribution in [0.1, 0.15) is 49.3 Å². The van der Waals surface area contributed by atoms with Gasteiger partial charge in [-0.05, 0) is 31.6 Å². The highest BCUT2D eigenvalue weighted by atomic mass is 14.9. The lowest BCUT2D eigenvalue weighted by atomic mass is 9.70. The topological polar surface area (TPSA) is 51.8 Å². The van der Waals surface area contributed by atoms with Gasteiger partial charge in [0.25, 0.3) is 0 Å². The minimum atomic E-state index is 0.674. The number of nitrogens with zero attached hydrogens (tertiary/aromatic N) is 2. The van der Waals surface area contributed by atoms with Crippen molar-refractivity contribution in [1.82, 2.24) is 9.97 Å². The number of nitrogens with two attached hydrogens (primary N) is 1.